The van der Waals surface area contributed by atoms with Gasteiger partial charge in [0.2, 0.25) is 0 Å². The monoisotopic (exact) mass is 274 g/mol. The first-order chi connectivity index (χ1) is 6.83. The first-order valence-electron chi connectivity index (χ1n) is 4.21. The predicted octanol–water partition coefficient (Wildman–Crippen LogP) is 1.60. The second kappa shape index (κ2) is 5.08. The summed E-state index contributed by atoms with van der Waals surface area (Å²) < 4.78 is 15.3. The smallest absolute Gasteiger partial charge is 0.329 e. The largest absolute Gasteiger partial charge is 0.480 e. The van der Waals surface area contributed by atoms with E-state index in [-0.39, 0.29) is 18.6 Å². The average Bonchev–Trinajstić information content (AvgIpc) is 2.11. The summed E-state index contributed by atoms with van der Waals surface area (Å²) >= 11 is 10.6. The van der Waals surface area contributed by atoms with E-state index in [4.69, 9.17) is 41.9 Å². The van der Waals surface area contributed by atoms with E-state index >= 15 is 0 Å². The van der Waals surface area contributed by atoms with Gasteiger partial charge in [-0.1, -0.05) is 6.92 Å². The molecule has 0 aromatic heterocycles. The van der Waals surface area contributed by atoms with Gasteiger partial charge < -0.3 is 18.9 Å². The summed E-state index contributed by atoms with van der Waals surface area (Å²) in [5.74, 6) is -3.59. The molecule has 1 heterocycles. The Balaban J connectivity index is 2.35. The Kier molecular flexibility index (Phi) is 4.52. The highest BCUT2D eigenvalue weighted by molar-refractivity contribution is 8.22. The van der Waals surface area contributed by atoms with E-state index in [9.17, 15) is 4.79 Å². The highest BCUT2D eigenvalue weighted by atomic mass is 35.7. The Bertz CT molecular complexity index is 285. The van der Waals surface area contributed by atoms with E-state index < -0.39 is 11.8 Å². The van der Waals surface area contributed by atoms with E-state index in [0.717, 1.165) is 0 Å². The molecule has 0 unspecified atom stereocenters. The zero-order valence-electron chi connectivity index (χ0n) is 8.14. The molecule has 1 N–H and O–H groups in total. The molecule has 1 aliphatic rings. The third-order valence-corrected chi connectivity index (χ3v) is 3.90. The average molecular weight is 275 g/mol. The predicted molar refractivity (Wildman–Crippen MR) is 58.6 cm³/mol. The lowest BCUT2D eigenvalue weighted by Crippen LogP contribution is -2.36. The van der Waals surface area contributed by atoms with Gasteiger partial charge in [-0.2, -0.15) is 0 Å². The zero-order chi connectivity index (χ0) is 11.5. The van der Waals surface area contributed by atoms with E-state index in [1.807, 2.05) is 6.92 Å². The molecule has 1 fully saturated rings. The highest BCUT2D eigenvalue weighted by Crippen LogP contribution is 2.58. The van der Waals surface area contributed by atoms with Gasteiger partial charge >= 0.3 is 5.97 Å². The van der Waals surface area contributed by atoms with Crippen LogP contribution in [0.5, 0.6) is 0 Å². The summed E-state index contributed by atoms with van der Waals surface area (Å²) in [6.07, 6.45) is 0. The molecular formula is C7H12ClO5PS. The first kappa shape index (κ1) is 13.4. The maximum atomic E-state index is 10.2. The zero-order valence-corrected chi connectivity index (χ0v) is 10.6. The van der Waals surface area contributed by atoms with Crippen molar-refractivity contribution in [2.45, 2.75) is 6.92 Å². The van der Waals surface area contributed by atoms with Gasteiger partial charge in [-0.25, -0.2) is 4.79 Å². The lowest BCUT2D eigenvalue weighted by Gasteiger charge is -2.35. The number of carbonyl (C=O) groups is 1. The SMILES string of the molecule is CC1(COCC(=O)O)COP(=S)(Cl)OC1. The van der Waals surface area contributed by atoms with Crippen molar-refractivity contribution < 1.29 is 23.7 Å². The maximum absolute atomic E-state index is 10.2. The van der Waals surface area contributed by atoms with Crippen LogP contribution in [0, 0.1) is 5.41 Å². The molecule has 8 heteroatoms. The molecule has 0 amide bonds. The van der Waals surface area contributed by atoms with Crippen molar-refractivity contribution in [3.8, 4) is 0 Å². The van der Waals surface area contributed by atoms with Crippen LogP contribution in [0.1, 0.15) is 6.92 Å². The molecule has 1 saturated heterocycles. The summed E-state index contributed by atoms with van der Waals surface area (Å²) in [6, 6.07) is 0. The lowest BCUT2D eigenvalue weighted by atomic mass is 9.94. The molecule has 0 aromatic carbocycles. The van der Waals surface area contributed by atoms with Gasteiger partial charge in [0.05, 0.1) is 19.8 Å². The van der Waals surface area contributed by atoms with Gasteiger partial charge in [0.15, 0.2) is 0 Å². The lowest BCUT2D eigenvalue weighted by molar-refractivity contribution is -0.144. The van der Waals surface area contributed by atoms with E-state index in [0.29, 0.717) is 13.2 Å². The van der Waals surface area contributed by atoms with Crippen molar-refractivity contribution in [1.82, 2.24) is 0 Å². The number of aliphatic carboxylic acids is 1. The third-order valence-electron chi connectivity index (χ3n) is 1.81. The molecule has 0 bridgehead atoms. The number of carboxylic acids is 1. The van der Waals surface area contributed by atoms with Gasteiger partial charge in [-0.3, -0.25) is 0 Å². The number of carboxylic acid groups (broad SMARTS) is 1. The van der Waals surface area contributed by atoms with Crippen LogP contribution in [-0.4, -0.2) is 37.5 Å². The highest BCUT2D eigenvalue weighted by Gasteiger charge is 2.35. The Labute approximate surface area is 97.6 Å². The molecule has 15 heavy (non-hydrogen) atoms. The molecule has 88 valence electrons. The second-order valence-corrected chi connectivity index (χ2v) is 8.43. The van der Waals surface area contributed by atoms with E-state index in [1.54, 1.807) is 0 Å². The fourth-order valence-corrected chi connectivity index (χ4v) is 2.63. The minimum absolute atomic E-state index is 0.242. The Morgan fingerprint density at radius 2 is 2.20 bits per heavy atom. The normalized spacial score (nSPS) is 36.4. The summed E-state index contributed by atoms with van der Waals surface area (Å²) in [5.41, 5.74) is -0.382. The van der Waals surface area contributed by atoms with Crippen LogP contribution < -0.4 is 0 Å². The van der Waals surface area contributed by atoms with Crippen LogP contribution in [0.2, 0.25) is 0 Å². The van der Waals surface area contributed by atoms with Crippen molar-refractivity contribution in [1.29, 1.82) is 0 Å². The summed E-state index contributed by atoms with van der Waals surface area (Å²) in [4.78, 5) is 10.2. The fourth-order valence-electron chi connectivity index (χ4n) is 1.01. The van der Waals surface area contributed by atoms with Gasteiger partial charge in [0.1, 0.15) is 6.61 Å². The number of hydrogen-bond donors (Lipinski definition) is 1. The summed E-state index contributed by atoms with van der Waals surface area (Å²) in [5, 5.41) is 8.39. The summed E-state index contributed by atoms with van der Waals surface area (Å²) in [6.45, 7) is 2.43. The molecule has 0 aliphatic carbocycles. The standard InChI is InChI=1S/C7H12ClO5PS/c1-7(3-11-2-6(9)10)4-12-14(8,15)13-5-7/h2-5H2,1H3,(H,9,10). The van der Waals surface area contributed by atoms with Crippen molar-refractivity contribution in [2.75, 3.05) is 26.4 Å². The van der Waals surface area contributed by atoms with Gasteiger partial charge in [0, 0.05) is 5.41 Å². The van der Waals surface area contributed by atoms with Crippen LogP contribution in [0.15, 0.2) is 0 Å². The third kappa shape index (κ3) is 4.76. The van der Waals surface area contributed by atoms with Crippen LogP contribution in [-0.2, 0) is 30.4 Å². The Morgan fingerprint density at radius 3 is 2.67 bits per heavy atom. The van der Waals surface area contributed by atoms with Crippen molar-refractivity contribution in [3.63, 3.8) is 0 Å². The fraction of sp³-hybridized carbons (Fsp3) is 0.857. The Morgan fingerprint density at radius 1 is 1.67 bits per heavy atom. The van der Waals surface area contributed by atoms with Gasteiger partial charge in [-0.15, -0.1) is 0 Å². The van der Waals surface area contributed by atoms with E-state index in [1.165, 1.54) is 0 Å². The minimum atomic E-state index is -2.58. The molecule has 1 rings (SSSR count). The second-order valence-electron chi connectivity index (χ2n) is 3.67. The molecule has 0 aromatic rings. The van der Waals surface area contributed by atoms with Crippen molar-refractivity contribution in [3.05, 3.63) is 0 Å². The number of ether oxygens (including phenoxy) is 1. The number of hydrogen-bond acceptors (Lipinski definition) is 5. The van der Waals surface area contributed by atoms with Crippen LogP contribution in [0.4, 0.5) is 0 Å². The molecular weight excluding hydrogens is 263 g/mol. The molecule has 0 spiro atoms. The molecule has 5 nitrogen and oxygen atoms in total. The van der Waals surface area contributed by atoms with E-state index in [2.05, 4.69) is 0 Å². The van der Waals surface area contributed by atoms with Crippen LogP contribution >= 0.6 is 17.1 Å². The van der Waals surface area contributed by atoms with Crippen molar-refractivity contribution in [2.24, 2.45) is 5.41 Å². The van der Waals surface area contributed by atoms with Crippen LogP contribution in [0.3, 0.4) is 0 Å². The summed E-state index contributed by atoms with van der Waals surface area (Å²) in [7, 11) is 0. The van der Waals surface area contributed by atoms with Gasteiger partial charge in [0.25, 0.3) is 5.84 Å². The number of rotatable bonds is 4. The van der Waals surface area contributed by atoms with Gasteiger partial charge in [-0.05, 0) is 23.0 Å². The quantitative estimate of drug-likeness (QED) is 0.786. The first-order valence-corrected chi connectivity index (χ1v) is 7.76. The molecule has 0 radical (unpaired) electrons. The molecule has 0 saturated carbocycles. The number of halogens is 1. The maximum Gasteiger partial charge on any atom is 0.329 e. The molecule has 1 aliphatic heterocycles. The minimum Gasteiger partial charge on any atom is -0.480 e. The van der Waals surface area contributed by atoms with Crippen molar-refractivity contribution >= 4 is 34.9 Å². The Hall–Kier alpha value is 0.290. The topological polar surface area (TPSA) is 65.0 Å². The van der Waals surface area contributed by atoms with Crippen LogP contribution in [0.25, 0.3) is 0 Å². The molecule has 0 atom stereocenters.